The molecular weight excluding hydrogens is 319 g/mol. The second kappa shape index (κ2) is 7.78. The summed E-state index contributed by atoms with van der Waals surface area (Å²) in [5, 5.41) is 4.41. The number of rotatable bonds is 5. The van der Waals surface area contributed by atoms with Gasteiger partial charge in [0, 0.05) is 51.4 Å². The zero-order valence-corrected chi connectivity index (χ0v) is 14.9. The SMILES string of the molecule is CC(=O)N(C)C1CCN(Cc2cnn(Cc3ccc(F)cc3)c2)CC1. The van der Waals surface area contributed by atoms with Gasteiger partial charge >= 0.3 is 0 Å². The van der Waals surface area contributed by atoms with Crippen LogP contribution in [0.25, 0.3) is 0 Å². The molecule has 1 amide bonds. The van der Waals surface area contributed by atoms with Gasteiger partial charge in [0.1, 0.15) is 5.82 Å². The number of hydrogen-bond donors (Lipinski definition) is 0. The molecule has 2 heterocycles. The van der Waals surface area contributed by atoms with Gasteiger partial charge in [-0.1, -0.05) is 12.1 Å². The first-order valence-electron chi connectivity index (χ1n) is 8.73. The summed E-state index contributed by atoms with van der Waals surface area (Å²) in [6.45, 7) is 5.13. The molecular formula is C19H25FN4O. The van der Waals surface area contributed by atoms with Gasteiger partial charge in [0.25, 0.3) is 0 Å². The van der Waals surface area contributed by atoms with E-state index >= 15 is 0 Å². The van der Waals surface area contributed by atoms with Crippen molar-refractivity contribution in [3.63, 3.8) is 0 Å². The van der Waals surface area contributed by atoms with Crippen LogP contribution in [0.3, 0.4) is 0 Å². The Morgan fingerprint density at radius 3 is 2.52 bits per heavy atom. The molecule has 1 aromatic carbocycles. The summed E-state index contributed by atoms with van der Waals surface area (Å²) >= 11 is 0. The molecule has 0 N–H and O–H groups in total. The van der Waals surface area contributed by atoms with Crippen LogP contribution in [0.4, 0.5) is 4.39 Å². The molecule has 0 atom stereocenters. The first-order valence-corrected chi connectivity index (χ1v) is 8.73. The van der Waals surface area contributed by atoms with Crippen LogP contribution in [0.1, 0.15) is 30.9 Å². The predicted octanol–water partition coefficient (Wildman–Crippen LogP) is 2.51. The fourth-order valence-corrected chi connectivity index (χ4v) is 3.33. The Bertz CT molecular complexity index is 704. The number of piperidine rings is 1. The van der Waals surface area contributed by atoms with Gasteiger partial charge in [-0.15, -0.1) is 0 Å². The van der Waals surface area contributed by atoms with E-state index < -0.39 is 0 Å². The minimum absolute atomic E-state index is 0.139. The van der Waals surface area contributed by atoms with Crippen molar-refractivity contribution in [2.75, 3.05) is 20.1 Å². The Morgan fingerprint density at radius 2 is 1.88 bits per heavy atom. The van der Waals surface area contributed by atoms with Crippen LogP contribution in [0, 0.1) is 5.82 Å². The minimum atomic E-state index is -0.219. The average Bonchev–Trinajstić information content (AvgIpc) is 3.04. The van der Waals surface area contributed by atoms with Crippen molar-refractivity contribution in [1.29, 1.82) is 0 Å². The molecule has 0 spiro atoms. The summed E-state index contributed by atoms with van der Waals surface area (Å²) in [7, 11) is 1.89. The van der Waals surface area contributed by atoms with Crippen LogP contribution in [0.5, 0.6) is 0 Å². The van der Waals surface area contributed by atoms with Crippen LogP contribution < -0.4 is 0 Å². The lowest BCUT2D eigenvalue weighted by atomic mass is 10.0. The van der Waals surface area contributed by atoms with E-state index in [2.05, 4.69) is 16.2 Å². The number of carbonyl (C=O) groups excluding carboxylic acids is 1. The molecule has 5 nitrogen and oxygen atoms in total. The van der Waals surface area contributed by atoms with Gasteiger partial charge < -0.3 is 4.90 Å². The molecule has 0 aliphatic carbocycles. The van der Waals surface area contributed by atoms with E-state index in [9.17, 15) is 9.18 Å². The van der Waals surface area contributed by atoms with Crippen molar-refractivity contribution < 1.29 is 9.18 Å². The van der Waals surface area contributed by atoms with Crippen molar-refractivity contribution in [3.8, 4) is 0 Å². The molecule has 0 saturated carbocycles. The maximum absolute atomic E-state index is 13.0. The van der Waals surface area contributed by atoms with Crippen molar-refractivity contribution >= 4 is 5.91 Å². The summed E-state index contributed by atoms with van der Waals surface area (Å²) < 4.78 is 14.8. The Labute approximate surface area is 148 Å². The summed E-state index contributed by atoms with van der Waals surface area (Å²) in [5.41, 5.74) is 2.21. The topological polar surface area (TPSA) is 41.4 Å². The van der Waals surface area contributed by atoms with Gasteiger partial charge in [-0.25, -0.2) is 4.39 Å². The van der Waals surface area contributed by atoms with Gasteiger partial charge in [0.2, 0.25) is 5.91 Å². The van der Waals surface area contributed by atoms with Crippen LogP contribution in [-0.2, 0) is 17.9 Å². The Morgan fingerprint density at radius 1 is 1.20 bits per heavy atom. The molecule has 6 heteroatoms. The molecule has 134 valence electrons. The predicted molar refractivity (Wildman–Crippen MR) is 94.5 cm³/mol. The number of nitrogens with zero attached hydrogens (tertiary/aromatic N) is 4. The second-order valence-corrected chi connectivity index (χ2v) is 6.81. The van der Waals surface area contributed by atoms with E-state index in [0.717, 1.165) is 38.0 Å². The average molecular weight is 344 g/mol. The van der Waals surface area contributed by atoms with Gasteiger partial charge in [-0.3, -0.25) is 14.4 Å². The molecule has 0 unspecified atom stereocenters. The number of halogens is 1. The highest BCUT2D eigenvalue weighted by Crippen LogP contribution is 2.17. The highest BCUT2D eigenvalue weighted by atomic mass is 19.1. The smallest absolute Gasteiger partial charge is 0.219 e. The summed E-state index contributed by atoms with van der Waals surface area (Å²) in [4.78, 5) is 15.7. The number of hydrogen-bond acceptors (Lipinski definition) is 3. The third kappa shape index (κ3) is 4.66. The number of likely N-dealkylation sites (tertiary alicyclic amines) is 1. The zero-order chi connectivity index (χ0) is 17.8. The van der Waals surface area contributed by atoms with Gasteiger partial charge in [-0.05, 0) is 30.5 Å². The highest BCUT2D eigenvalue weighted by molar-refractivity contribution is 5.73. The van der Waals surface area contributed by atoms with E-state index in [1.807, 2.05) is 22.8 Å². The lowest BCUT2D eigenvalue weighted by Gasteiger charge is -2.36. The lowest BCUT2D eigenvalue weighted by Crippen LogP contribution is -2.44. The van der Waals surface area contributed by atoms with E-state index in [-0.39, 0.29) is 11.7 Å². The maximum Gasteiger partial charge on any atom is 0.219 e. The third-order valence-corrected chi connectivity index (χ3v) is 4.95. The van der Waals surface area contributed by atoms with Crippen molar-refractivity contribution in [3.05, 3.63) is 53.6 Å². The third-order valence-electron chi connectivity index (χ3n) is 4.95. The number of benzene rings is 1. The van der Waals surface area contributed by atoms with Gasteiger partial charge in [0.05, 0.1) is 12.7 Å². The molecule has 1 aromatic heterocycles. The quantitative estimate of drug-likeness (QED) is 0.837. The molecule has 0 bridgehead atoms. The molecule has 1 fully saturated rings. The van der Waals surface area contributed by atoms with Crippen LogP contribution in [0.2, 0.25) is 0 Å². The molecule has 2 aromatic rings. The molecule has 1 saturated heterocycles. The van der Waals surface area contributed by atoms with Crippen LogP contribution >= 0.6 is 0 Å². The summed E-state index contributed by atoms with van der Waals surface area (Å²) in [6.07, 6.45) is 5.98. The van der Waals surface area contributed by atoms with Crippen LogP contribution in [0.15, 0.2) is 36.7 Å². The van der Waals surface area contributed by atoms with Crippen LogP contribution in [-0.4, -0.2) is 51.7 Å². The number of aromatic nitrogens is 2. The molecule has 25 heavy (non-hydrogen) atoms. The Balaban J connectivity index is 1.50. The monoisotopic (exact) mass is 344 g/mol. The number of amides is 1. The van der Waals surface area contributed by atoms with E-state index in [0.29, 0.717) is 12.6 Å². The largest absolute Gasteiger partial charge is 0.343 e. The lowest BCUT2D eigenvalue weighted by molar-refractivity contribution is -0.130. The zero-order valence-electron chi connectivity index (χ0n) is 14.9. The van der Waals surface area contributed by atoms with Gasteiger partial charge in [0.15, 0.2) is 0 Å². The second-order valence-electron chi connectivity index (χ2n) is 6.81. The van der Waals surface area contributed by atoms with Gasteiger partial charge in [-0.2, -0.15) is 5.10 Å². The standard InChI is InChI=1S/C19H25FN4O/c1-15(25)22(2)19-7-9-23(10-8-19)12-17-11-21-24(14-17)13-16-3-5-18(20)6-4-16/h3-6,11,14,19H,7-10,12-13H2,1-2H3. The fraction of sp³-hybridized carbons (Fsp3) is 0.474. The highest BCUT2D eigenvalue weighted by Gasteiger charge is 2.23. The summed E-state index contributed by atoms with van der Waals surface area (Å²) in [5.74, 6) is -0.0794. The molecule has 1 aliphatic heterocycles. The maximum atomic E-state index is 13.0. The van der Waals surface area contributed by atoms with E-state index in [1.54, 1.807) is 19.1 Å². The Hall–Kier alpha value is -2.21. The Kier molecular flexibility index (Phi) is 5.48. The summed E-state index contributed by atoms with van der Waals surface area (Å²) in [6, 6.07) is 6.87. The fourth-order valence-electron chi connectivity index (χ4n) is 3.33. The normalized spacial score (nSPS) is 16.1. The minimum Gasteiger partial charge on any atom is -0.343 e. The van der Waals surface area contributed by atoms with Crippen molar-refractivity contribution in [1.82, 2.24) is 19.6 Å². The van der Waals surface area contributed by atoms with Crippen molar-refractivity contribution in [2.45, 2.75) is 38.9 Å². The molecule has 3 rings (SSSR count). The molecule has 0 radical (unpaired) electrons. The van der Waals surface area contributed by atoms with Crippen molar-refractivity contribution in [2.24, 2.45) is 0 Å². The number of carbonyl (C=O) groups is 1. The molecule has 1 aliphatic rings. The first kappa shape index (κ1) is 17.6. The van der Waals surface area contributed by atoms with E-state index in [1.165, 1.54) is 17.7 Å². The first-order chi connectivity index (χ1) is 12.0. The van der Waals surface area contributed by atoms with E-state index in [4.69, 9.17) is 0 Å².